The number of carboxylic acid groups (broad SMARTS) is 1. The molecule has 0 aliphatic rings. The fourth-order valence-corrected chi connectivity index (χ4v) is 2.17. The summed E-state index contributed by atoms with van der Waals surface area (Å²) < 4.78 is 0. The van der Waals surface area contributed by atoms with Gasteiger partial charge in [0.2, 0.25) is 0 Å². The maximum Gasteiger partial charge on any atom is 0.308 e. The van der Waals surface area contributed by atoms with Gasteiger partial charge in [-0.15, -0.1) is 0 Å². The second-order valence-electron chi connectivity index (χ2n) is 4.94. The Kier molecular flexibility index (Phi) is 4.42. The lowest BCUT2D eigenvalue weighted by atomic mass is 10.0. The zero-order valence-corrected chi connectivity index (χ0v) is 11.8. The Morgan fingerprint density at radius 1 is 1.24 bits per heavy atom. The SMILES string of the molecule is CCC(CNC(=O)c1cc2ccccc2cc1N)C(=O)O. The van der Waals surface area contributed by atoms with E-state index >= 15 is 0 Å². The quantitative estimate of drug-likeness (QED) is 0.735. The number of nitrogen functional groups attached to an aromatic ring is 1. The van der Waals surface area contributed by atoms with E-state index in [1.807, 2.05) is 24.3 Å². The second kappa shape index (κ2) is 6.26. The molecule has 2 rings (SSSR count). The third-order valence-electron chi connectivity index (χ3n) is 3.51. The molecule has 110 valence electrons. The minimum absolute atomic E-state index is 0.0942. The van der Waals surface area contributed by atoms with Gasteiger partial charge in [0.05, 0.1) is 11.5 Å². The number of nitrogens with one attached hydrogen (secondary N) is 1. The summed E-state index contributed by atoms with van der Waals surface area (Å²) in [6, 6.07) is 11.1. The Labute approximate surface area is 122 Å². The molecule has 21 heavy (non-hydrogen) atoms. The highest BCUT2D eigenvalue weighted by molar-refractivity contribution is 6.04. The Balaban J connectivity index is 2.19. The Hall–Kier alpha value is -2.56. The van der Waals surface area contributed by atoms with Crippen LogP contribution in [0.15, 0.2) is 36.4 Å². The minimum Gasteiger partial charge on any atom is -0.481 e. The molecular formula is C16H18N2O3. The molecule has 5 heteroatoms. The third-order valence-corrected chi connectivity index (χ3v) is 3.51. The number of aliphatic carboxylic acids is 1. The lowest BCUT2D eigenvalue weighted by molar-refractivity contribution is -0.141. The van der Waals surface area contributed by atoms with Gasteiger partial charge in [0.15, 0.2) is 0 Å². The zero-order chi connectivity index (χ0) is 15.4. The first kappa shape index (κ1) is 14.8. The first-order chi connectivity index (χ1) is 10.0. The summed E-state index contributed by atoms with van der Waals surface area (Å²) >= 11 is 0. The third kappa shape index (κ3) is 3.31. The van der Waals surface area contributed by atoms with Gasteiger partial charge >= 0.3 is 5.97 Å². The molecule has 0 fully saturated rings. The topological polar surface area (TPSA) is 92.4 Å². The summed E-state index contributed by atoms with van der Waals surface area (Å²) in [5.41, 5.74) is 6.66. The molecule has 0 aliphatic carbocycles. The molecule has 2 aromatic rings. The molecule has 2 aromatic carbocycles. The molecule has 0 saturated heterocycles. The van der Waals surface area contributed by atoms with E-state index in [4.69, 9.17) is 10.8 Å². The van der Waals surface area contributed by atoms with Gasteiger partial charge in [0.25, 0.3) is 5.91 Å². The first-order valence-electron chi connectivity index (χ1n) is 6.82. The van der Waals surface area contributed by atoms with Crippen molar-refractivity contribution in [1.82, 2.24) is 5.32 Å². The maximum absolute atomic E-state index is 12.2. The summed E-state index contributed by atoms with van der Waals surface area (Å²) in [6.07, 6.45) is 0.461. The van der Waals surface area contributed by atoms with Crippen LogP contribution in [0, 0.1) is 5.92 Å². The fourth-order valence-electron chi connectivity index (χ4n) is 2.17. The molecule has 1 amide bonds. The van der Waals surface area contributed by atoms with Crippen LogP contribution in [0.25, 0.3) is 10.8 Å². The highest BCUT2D eigenvalue weighted by atomic mass is 16.4. The van der Waals surface area contributed by atoms with Crippen molar-refractivity contribution in [2.24, 2.45) is 5.92 Å². The van der Waals surface area contributed by atoms with Gasteiger partial charge in [-0.3, -0.25) is 9.59 Å². The van der Waals surface area contributed by atoms with Crippen molar-refractivity contribution >= 4 is 28.3 Å². The normalized spacial score (nSPS) is 12.0. The average molecular weight is 286 g/mol. The van der Waals surface area contributed by atoms with Crippen LogP contribution in [0.3, 0.4) is 0 Å². The highest BCUT2D eigenvalue weighted by Crippen LogP contribution is 2.21. The van der Waals surface area contributed by atoms with Crippen LogP contribution in [-0.4, -0.2) is 23.5 Å². The van der Waals surface area contributed by atoms with Crippen molar-refractivity contribution in [3.05, 3.63) is 42.0 Å². The largest absolute Gasteiger partial charge is 0.481 e. The molecule has 0 aliphatic heterocycles. The van der Waals surface area contributed by atoms with E-state index in [-0.39, 0.29) is 12.5 Å². The van der Waals surface area contributed by atoms with Crippen LogP contribution < -0.4 is 11.1 Å². The van der Waals surface area contributed by atoms with Gasteiger partial charge in [-0.05, 0) is 29.3 Å². The molecule has 0 spiro atoms. The summed E-state index contributed by atoms with van der Waals surface area (Å²) in [4.78, 5) is 23.1. The molecular weight excluding hydrogens is 268 g/mol. The number of amides is 1. The molecule has 5 nitrogen and oxygen atoms in total. The molecule has 1 atom stereocenters. The van der Waals surface area contributed by atoms with Gasteiger partial charge in [0, 0.05) is 12.2 Å². The molecule has 0 radical (unpaired) electrons. The van der Waals surface area contributed by atoms with Crippen LogP contribution >= 0.6 is 0 Å². The molecule has 0 aromatic heterocycles. The number of nitrogens with two attached hydrogens (primary N) is 1. The predicted octanol–water partition coefficient (Wildman–Crippen LogP) is 2.26. The highest BCUT2D eigenvalue weighted by Gasteiger charge is 2.17. The molecule has 4 N–H and O–H groups in total. The molecule has 0 heterocycles. The van der Waals surface area contributed by atoms with Crippen molar-refractivity contribution in [2.75, 3.05) is 12.3 Å². The number of anilines is 1. The van der Waals surface area contributed by atoms with E-state index in [2.05, 4.69) is 5.32 Å². The van der Waals surface area contributed by atoms with E-state index in [0.717, 1.165) is 10.8 Å². The summed E-state index contributed by atoms with van der Waals surface area (Å²) in [6.45, 7) is 1.87. The first-order valence-corrected chi connectivity index (χ1v) is 6.82. The Bertz CT molecular complexity index is 682. The second-order valence-corrected chi connectivity index (χ2v) is 4.94. The van der Waals surface area contributed by atoms with Gasteiger partial charge in [-0.25, -0.2) is 0 Å². The van der Waals surface area contributed by atoms with E-state index < -0.39 is 11.9 Å². The van der Waals surface area contributed by atoms with Crippen molar-refractivity contribution in [1.29, 1.82) is 0 Å². The Morgan fingerprint density at radius 3 is 2.43 bits per heavy atom. The van der Waals surface area contributed by atoms with Crippen LogP contribution in [0.4, 0.5) is 5.69 Å². The average Bonchev–Trinajstić information content (AvgIpc) is 2.46. The molecule has 0 saturated carbocycles. The smallest absolute Gasteiger partial charge is 0.308 e. The van der Waals surface area contributed by atoms with Crippen LogP contribution in [0.5, 0.6) is 0 Å². The molecule has 0 bridgehead atoms. The van der Waals surface area contributed by atoms with Gasteiger partial charge in [-0.1, -0.05) is 31.2 Å². The number of hydrogen-bond donors (Lipinski definition) is 3. The standard InChI is InChI=1S/C16H18N2O3/c1-2-10(16(20)21)9-18-15(19)13-7-11-5-3-4-6-12(11)8-14(13)17/h3-8,10H,2,9,17H2,1H3,(H,18,19)(H,20,21). The lowest BCUT2D eigenvalue weighted by Crippen LogP contribution is -2.33. The van der Waals surface area contributed by atoms with E-state index in [0.29, 0.717) is 17.7 Å². The number of carboxylic acids is 1. The number of carbonyl (C=O) groups is 2. The summed E-state index contributed by atoms with van der Waals surface area (Å²) in [7, 11) is 0. The number of rotatable bonds is 5. The van der Waals surface area contributed by atoms with Gasteiger partial charge in [0.1, 0.15) is 0 Å². The monoisotopic (exact) mass is 286 g/mol. The van der Waals surface area contributed by atoms with E-state index in [1.165, 1.54) is 0 Å². The lowest BCUT2D eigenvalue weighted by Gasteiger charge is -2.12. The maximum atomic E-state index is 12.2. The van der Waals surface area contributed by atoms with Gasteiger partial charge < -0.3 is 16.2 Å². The van der Waals surface area contributed by atoms with Crippen molar-refractivity contribution in [2.45, 2.75) is 13.3 Å². The number of carbonyl (C=O) groups excluding carboxylic acids is 1. The summed E-state index contributed by atoms with van der Waals surface area (Å²) in [5.74, 6) is -1.85. The van der Waals surface area contributed by atoms with Crippen LogP contribution in [0.1, 0.15) is 23.7 Å². The zero-order valence-electron chi connectivity index (χ0n) is 11.8. The van der Waals surface area contributed by atoms with Crippen molar-refractivity contribution in [3.8, 4) is 0 Å². The van der Waals surface area contributed by atoms with Crippen molar-refractivity contribution in [3.63, 3.8) is 0 Å². The molecule has 1 unspecified atom stereocenters. The predicted molar refractivity (Wildman–Crippen MR) is 82.1 cm³/mol. The minimum atomic E-state index is -0.913. The van der Waals surface area contributed by atoms with E-state index in [1.54, 1.807) is 19.1 Å². The van der Waals surface area contributed by atoms with Crippen LogP contribution in [-0.2, 0) is 4.79 Å². The summed E-state index contributed by atoms with van der Waals surface area (Å²) in [5, 5.41) is 13.5. The van der Waals surface area contributed by atoms with Crippen molar-refractivity contribution < 1.29 is 14.7 Å². The van der Waals surface area contributed by atoms with E-state index in [9.17, 15) is 9.59 Å². The Morgan fingerprint density at radius 2 is 1.86 bits per heavy atom. The number of hydrogen-bond acceptors (Lipinski definition) is 3. The number of benzene rings is 2. The van der Waals surface area contributed by atoms with Gasteiger partial charge in [-0.2, -0.15) is 0 Å². The van der Waals surface area contributed by atoms with Crippen LogP contribution in [0.2, 0.25) is 0 Å². The number of fused-ring (bicyclic) bond motifs is 1. The fraction of sp³-hybridized carbons (Fsp3) is 0.250.